The second-order valence-corrected chi connectivity index (χ2v) is 5.53. The molecule has 0 unspecified atom stereocenters. The predicted molar refractivity (Wildman–Crippen MR) is 87.2 cm³/mol. The summed E-state index contributed by atoms with van der Waals surface area (Å²) in [6.45, 7) is 5.62. The topological polar surface area (TPSA) is 3.24 Å². The Balaban J connectivity index is 1.79. The van der Waals surface area contributed by atoms with Crippen molar-refractivity contribution in [1.82, 2.24) is 0 Å². The Morgan fingerprint density at radius 1 is 1.05 bits per heavy atom. The van der Waals surface area contributed by atoms with Crippen molar-refractivity contribution in [3.63, 3.8) is 0 Å². The summed E-state index contributed by atoms with van der Waals surface area (Å²) in [5, 5.41) is 0. The number of anilines is 1. The molecule has 0 bridgehead atoms. The maximum absolute atomic E-state index is 2.50. The van der Waals surface area contributed by atoms with Crippen LogP contribution in [0.5, 0.6) is 0 Å². The molecule has 0 saturated carbocycles. The molecule has 0 aromatic heterocycles. The summed E-state index contributed by atoms with van der Waals surface area (Å²) in [7, 11) is 0. The zero-order valence-electron chi connectivity index (χ0n) is 12.2. The van der Waals surface area contributed by atoms with Crippen molar-refractivity contribution in [2.24, 2.45) is 0 Å². The van der Waals surface area contributed by atoms with Gasteiger partial charge in [0.1, 0.15) is 0 Å². The van der Waals surface area contributed by atoms with E-state index in [0.717, 1.165) is 6.54 Å². The maximum atomic E-state index is 2.50. The highest BCUT2D eigenvalue weighted by Gasteiger charge is 2.22. The van der Waals surface area contributed by atoms with E-state index in [1.165, 1.54) is 28.8 Å². The molecule has 1 heteroatoms. The van der Waals surface area contributed by atoms with E-state index in [9.17, 15) is 0 Å². The van der Waals surface area contributed by atoms with Crippen molar-refractivity contribution < 1.29 is 0 Å². The molecule has 1 aliphatic rings. The summed E-state index contributed by atoms with van der Waals surface area (Å²) in [4.78, 5) is 2.50. The Morgan fingerprint density at radius 2 is 1.85 bits per heavy atom. The fourth-order valence-corrected chi connectivity index (χ4v) is 2.98. The molecule has 0 saturated heterocycles. The summed E-state index contributed by atoms with van der Waals surface area (Å²) in [6, 6.07) is 17.6. The van der Waals surface area contributed by atoms with Crippen LogP contribution in [0.3, 0.4) is 0 Å². The fraction of sp³-hybridized carbons (Fsp3) is 0.263. The van der Waals surface area contributed by atoms with Gasteiger partial charge in [-0.3, -0.25) is 0 Å². The molecule has 102 valence electrons. The Morgan fingerprint density at radius 3 is 2.65 bits per heavy atom. The van der Waals surface area contributed by atoms with E-state index in [1.54, 1.807) is 0 Å². The lowest BCUT2D eigenvalue weighted by Crippen LogP contribution is -2.29. The SMILES string of the molecule is Cc1cccc2c1CCN2[C@H](C)/C=C/c1ccccc1. The van der Waals surface area contributed by atoms with Crippen LogP contribution >= 0.6 is 0 Å². The number of hydrogen-bond donors (Lipinski definition) is 0. The Hall–Kier alpha value is -2.02. The van der Waals surface area contributed by atoms with Gasteiger partial charge in [-0.2, -0.15) is 0 Å². The van der Waals surface area contributed by atoms with Crippen LogP contribution in [-0.2, 0) is 6.42 Å². The number of fused-ring (bicyclic) bond motifs is 1. The summed E-state index contributed by atoms with van der Waals surface area (Å²) in [5.41, 5.74) is 5.62. The molecule has 0 amide bonds. The molecule has 0 fully saturated rings. The first-order chi connectivity index (χ1) is 9.75. The molecule has 2 aromatic rings. The first-order valence-corrected chi connectivity index (χ1v) is 7.34. The molecule has 0 radical (unpaired) electrons. The van der Waals surface area contributed by atoms with Crippen LogP contribution in [0.15, 0.2) is 54.6 Å². The lowest BCUT2D eigenvalue weighted by Gasteiger charge is -2.25. The second kappa shape index (κ2) is 5.54. The van der Waals surface area contributed by atoms with Gasteiger partial charge in [-0.1, -0.05) is 54.6 Å². The first kappa shape index (κ1) is 13.0. The van der Waals surface area contributed by atoms with Gasteiger partial charge in [0.05, 0.1) is 0 Å². The molecule has 20 heavy (non-hydrogen) atoms. The molecule has 0 N–H and O–H groups in total. The van der Waals surface area contributed by atoms with Gasteiger partial charge in [0.2, 0.25) is 0 Å². The van der Waals surface area contributed by atoms with E-state index >= 15 is 0 Å². The minimum Gasteiger partial charge on any atom is -0.365 e. The van der Waals surface area contributed by atoms with E-state index in [2.05, 4.69) is 79.4 Å². The van der Waals surface area contributed by atoms with Gasteiger partial charge >= 0.3 is 0 Å². The molecule has 2 aromatic carbocycles. The van der Waals surface area contributed by atoms with E-state index < -0.39 is 0 Å². The van der Waals surface area contributed by atoms with Crippen molar-refractivity contribution in [1.29, 1.82) is 0 Å². The number of rotatable bonds is 3. The molecule has 1 heterocycles. The largest absolute Gasteiger partial charge is 0.365 e. The highest BCUT2D eigenvalue weighted by molar-refractivity contribution is 5.62. The standard InChI is InChI=1S/C19H21N/c1-15-7-6-10-19-18(15)13-14-20(19)16(2)11-12-17-8-4-3-5-9-17/h3-12,16H,13-14H2,1-2H3/b12-11+/t16-/m1/s1. The lowest BCUT2D eigenvalue weighted by atomic mass is 10.1. The third-order valence-electron chi connectivity index (χ3n) is 4.16. The van der Waals surface area contributed by atoms with Crippen LogP contribution in [0, 0.1) is 6.92 Å². The smallest absolute Gasteiger partial charge is 0.0448 e. The predicted octanol–water partition coefficient (Wildman–Crippen LogP) is 4.46. The molecule has 0 aliphatic carbocycles. The quantitative estimate of drug-likeness (QED) is 0.790. The molecular formula is C19H21N. The highest BCUT2D eigenvalue weighted by atomic mass is 15.2. The average molecular weight is 263 g/mol. The number of nitrogens with zero attached hydrogens (tertiary/aromatic N) is 1. The van der Waals surface area contributed by atoms with E-state index in [0.29, 0.717) is 6.04 Å². The monoisotopic (exact) mass is 263 g/mol. The lowest BCUT2D eigenvalue weighted by molar-refractivity contribution is 0.766. The maximum Gasteiger partial charge on any atom is 0.0448 e. The van der Waals surface area contributed by atoms with Crippen molar-refractivity contribution in [3.05, 3.63) is 71.3 Å². The average Bonchev–Trinajstić information content (AvgIpc) is 2.91. The zero-order valence-corrected chi connectivity index (χ0v) is 12.2. The summed E-state index contributed by atoms with van der Waals surface area (Å²) in [6.07, 6.45) is 5.69. The molecule has 1 aliphatic heterocycles. The normalized spacial score (nSPS) is 15.6. The zero-order chi connectivity index (χ0) is 13.9. The molecule has 3 rings (SSSR count). The second-order valence-electron chi connectivity index (χ2n) is 5.53. The molecule has 0 spiro atoms. The van der Waals surface area contributed by atoms with Crippen molar-refractivity contribution >= 4 is 11.8 Å². The molecule has 1 nitrogen and oxygen atoms in total. The summed E-state index contributed by atoms with van der Waals surface area (Å²) < 4.78 is 0. The summed E-state index contributed by atoms with van der Waals surface area (Å²) in [5.74, 6) is 0. The van der Waals surface area contributed by atoms with Gasteiger partial charge in [-0.05, 0) is 43.0 Å². The van der Waals surface area contributed by atoms with Crippen LogP contribution in [0.1, 0.15) is 23.6 Å². The minimum absolute atomic E-state index is 0.429. The van der Waals surface area contributed by atoms with Gasteiger partial charge in [0, 0.05) is 18.3 Å². The van der Waals surface area contributed by atoms with Gasteiger partial charge in [0.15, 0.2) is 0 Å². The Kier molecular flexibility index (Phi) is 3.60. The van der Waals surface area contributed by atoms with Crippen LogP contribution in [-0.4, -0.2) is 12.6 Å². The van der Waals surface area contributed by atoms with Crippen molar-refractivity contribution in [2.75, 3.05) is 11.4 Å². The number of aryl methyl sites for hydroxylation is 1. The van der Waals surface area contributed by atoms with Crippen LogP contribution in [0.4, 0.5) is 5.69 Å². The van der Waals surface area contributed by atoms with Crippen LogP contribution in [0.2, 0.25) is 0 Å². The number of benzene rings is 2. The number of hydrogen-bond acceptors (Lipinski definition) is 1. The third-order valence-corrected chi connectivity index (χ3v) is 4.16. The molecular weight excluding hydrogens is 242 g/mol. The van der Waals surface area contributed by atoms with Crippen LogP contribution < -0.4 is 4.90 Å². The molecule has 1 atom stereocenters. The van der Waals surface area contributed by atoms with E-state index in [4.69, 9.17) is 0 Å². The van der Waals surface area contributed by atoms with Gasteiger partial charge < -0.3 is 4.90 Å². The minimum atomic E-state index is 0.429. The Labute approximate surface area is 121 Å². The first-order valence-electron chi connectivity index (χ1n) is 7.34. The van der Waals surface area contributed by atoms with Crippen molar-refractivity contribution in [2.45, 2.75) is 26.3 Å². The Bertz CT molecular complexity index is 613. The van der Waals surface area contributed by atoms with Gasteiger partial charge in [0.25, 0.3) is 0 Å². The van der Waals surface area contributed by atoms with Gasteiger partial charge in [-0.15, -0.1) is 0 Å². The van der Waals surface area contributed by atoms with Crippen molar-refractivity contribution in [3.8, 4) is 0 Å². The fourth-order valence-electron chi connectivity index (χ4n) is 2.98. The summed E-state index contributed by atoms with van der Waals surface area (Å²) >= 11 is 0. The highest BCUT2D eigenvalue weighted by Crippen LogP contribution is 2.32. The third kappa shape index (κ3) is 2.49. The van der Waals surface area contributed by atoms with Crippen LogP contribution in [0.25, 0.3) is 6.08 Å². The van der Waals surface area contributed by atoms with E-state index in [1.807, 2.05) is 0 Å². The van der Waals surface area contributed by atoms with Gasteiger partial charge in [-0.25, -0.2) is 0 Å². The van der Waals surface area contributed by atoms with E-state index in [-0.39, 0.29) is 0 Å².